The number of ether oxygens (including phenoxy) is 1. The maximum Gasteiger partial charge on any atom is 0.150 e. The molecule has 0 heterocycles. The van der Waals surface area contributed by atoms with Crippen molar-refractivity contribution in [2.75, 3.05) is 7.11 Å². The van der Waals surface area contributed by atoms with Crippen LogP contribution >= 0.6 is 0 Å². The first-order valence-electron chi connectivity index (χ1n) is 8.42. The van der Waals surface area contributed by atoms with Crippen LogP contribution in [-0.4, -0.2) is 13.4 Å². The smallest absolute Gasteiger partial charge is 0.150 e. The average Bonchev–Trinajstić information content (AvgIpc) is 2.72. The van der Waals surface area contributed by atoms with Crippen molar-refractivity contribution in [3.05, 3.63) is 101 Å². The Morgan fingerprint density at radius 1 is 0.538 bits per heavy atom. The lowest BCUT2D eigenvalue weighted by molar-refractivity contribution is 0.112. The van der Waals surface area contributed by atoms with E-state index in [1.165, 1.54) is 0 Å². The van der Waals surface area contributed by atoms with Crippen molar-refractivity contribution >= 4 is 30.6 Å². The molecule has 2 heteroatoms. The summed E-state index contributed by atoms with van der Waals surface area (Å²) in [5.41, 5.74) is 5.17. The summed E-state index contributed by atoms with van der Waals surface area (Å²) in [6.07, 6.45) is 9.13. The highest BCUT2D eigenvalue weighted by Gasteiger charge is 1.93. The van der Waals surface area contributed by atoms with Gasteiger partial charge in [0.2, 0.25) is 0 Å². The highest BCUT2D eigenvalue weighted by Crippen LogP contribution is 2.15. The Morgan fingerprint density at radius 3 is 1.15 bits per heavy atom. The largest absolute Gasteiger partial charge is 0.497 e. The van der Waals surface area contributed by atoms with Crippen LogP contribution in [0, 0.1) is 0 Å². The fraction of sp³-hybridized carbons (Fsp3) is 0.0417. The van der Waals surface area contributed by atoms with Crippen molar-refractivity contribution in [2.45, 2.75) is 0 Å². The van der Waals surface area contributed by atoms with Crippen LogP contribution in [0.1, 0.15) is 32.6 Å². The van der Waals surface area contributed by atoms with E-state index in [1.54, 1.807) is 7.11 Å². The van der Waals surface area contributed by atoms with Crippen molar-refractivity contribution in [1.82, 2.24) is 0 Å². The van der Waals surface area contributed by atoms with E-state index in [2.05, 4.69) is 42.5 Å². The summed E-state index contributed by atoms with van der Waals surface area (Å²) in [4.78, 5) is 10.7. The summed E-state index contributed by atoms with van der Waals surface area (Å²) in [5.74, 6) is 0.860. The predicted octanol–water partition coefficient (Wildman–Crippen LogP) is 5.85. The summed E-state index contributed by atoms with van der Waals surface area (Å²) in [6, 6.07) is 23.8. The molecule has 3 aromatic rings. The summed E-state index contributed by atoms with van der Waals surface area (Å²) < 4.78 is 5.17. The van der Waals surface area contributed by atoms with Gasteiger partial charge in [0, 0.05) is 5.56 Å². The minimum Gasteiger partial charge on any atom is -0.497 e. The summed E-state index contributed by atoms with van der Waals surface area (Å²) in [6.45, 7) is 0. The molecule has 0 unspecified atom stereocenters. The number of aldehydes is 1. The van der Waals surface area contributed by atoms with Gasteiger partial charge < -0.3 is 4.74 Å². The van der Waals surface area contributed by atoms with Gasteiger partial charge in [-0.05, 0) is 34.4 Å². The maximum absolute atomic E-state index is 10.7. The number of benzene rings is 3. The van der Waals surface area contributed by atoms with Gasteiger partial charge in [-0.1, -0.05) is 85.0 Å². The van der Waals surface area contributed by atoms with Crippen LogP contribution in [0.2, 0.25) is 0 Å². The molecule has 0 fully saturated rings. The van der Waals surface area contributed by atoms with E-state index in [1.807, 2.05) is 54.6 Å². The molecule has 3 aromatic carbocycles. The molecule has 0 atom stereocenters. The van der Waals surface area contributed by atoms with E-state index in [0.29, 0.717) is 5.56 Å². The van der Waals surface area contributed by atoms with Crippen LogP contribution in [0.15, 0.2) is 72.8 Å². The minimum absolute atomic E-state index is 0.690. The summed E-state index contributed by atoms with van der Waals surface area (Å²) in [5, 5.41) is 0. The Hall–Kier alpha value is -3.39. The highest BCUT2D eigenvalue weighted by molar-refractivity contribution is 5.77. The molecule has 2 nitrogen and oxygen atoms in total. The Kier molecular flexibility index (Phi) is 5.79. The predicted molar refractivity (Wildman–Crippen MR) is 109 cm³/mol. The van der Waals surface area contributed by atoms with Crippen LogP contribution in [0.5, 0.6) is 5.75 Å². The van der Waals surface area contributed by atoms with E-state index in [9.17, 15) is 4.79 Å². The third-order valence-electron chi connectivity index (χ3n) is 4.06. The maximum atomic E-state index is 10.7. The standard InChI is InChI=1S/C24H20O2/c1-26-24-16-14-22(15-17-24)9-8-20-4-2-19(3-5-20)6-7-21-10-12-23(18-25)13-11-21/h2-18H,1H3/b7-6+,9-8+. The highest BCUT2D eigenvalue weighted by atomic mass is 16.5. The lowest BCUT2D eigenvalue weighted by Gasteiger charge is -2.00. The first-order chi connectivity index (χ1) is 12.8. The van der Waals surface area contributed by atoms with E-state index in [4.69, 9.17) is 4.74 Å². The zero-order chi connectivity index (χ0) is 18.2. The lowest BCUT2D eigenvalue weighted by Crippen LogP contribution is -1.81. The van der Waals surface area contributed by atoms with E-state index in [0.717, 1.165) is 34.3 Å². The third-order valence-corrected chi connectivity index (χ3v) is 4.06. The Bertz CT molecular complexity index is 900. The fourth-order valence-electron chi connectivity index (χ4n) is 2.50. The number of rotatable bonds is 6. The number of methoxy groups -OCH3 is 1. The van der Waals surface area contributed by atoms with E-state index < -0.39 is 0 Å². The molecule has 0 radical (unpaired) electrons. The molecular formula is C24H20O2. The van der Waals surface area contributed by atoms with Crippen LogP contribution in [-0.2, 0) is 0 Å². The third kappa shape index (κ3) is 4.81. The molecule has 0 saturated carbocycles. The van der Waals surface area contributed by atoms with Crippen LogP contribution in [0.4, 0.5) is 0 Å². The quantitative estimate of drug-likeness (QED) is 0.416. The average molecular weight is 340 g/mol. The zero-order valence-electron chi connectivity index (χ0n) is 14.6. The normalized spacial score (nSPS) is 11.1. The second kappa shape index (κ2) is 8.63. The molecule has 0 aliphatic rings. The van der Waals surface area contributed by atoms with Crippen molar-refractivity contribution in [2.24, 2.45) is 0 Å². The summed E-state index contributed by atoms with van der Waals surface area (Å²) in [7, 11) is 1.67. The summed E-state index contributed by atoms with van der Waals surface area (Å²) >= 11 is 0. The monoisotopic (exact) mass is 340 g/mol. The van der Waals surface area contributed by atoms with E-state index in [-0.39, 0.29) is 0 Å². The molecule has 128 valence electrons. The van der Waals surface area contributed by atoms with Gasteiger partial charge in [-0.3, -0.25) is 4.79 Å². The molecular weight excluding hydrogens is 320 g/mol. The Balaban J connectivity index is 1.64. The van der Waals surface area contributed by atoms with Crippen LogP contribution < -0.4 is 4.74 Å². The fourth-order valence-corrected chi connectivity index (χ4v) is 2.50. The van der Waals surface area contributed by atoms with Gasteiger partial charge in [-0.15, -0.1) is 0 Å². The van der Waals surface area contributed by atoms with Crippen molar-refractivity contribution in [3.63, 3.8) is 0 Å². The van der Waals surface area contributed by atoms with Crippen molar-refractivity contribution in [3.8, 4) is 5.75 Å². The van der Waals surface area contributed by atoms with Crippen LogP contribution in [0.25, 0.3) is 24.3 Å². The molecule has 0 aliphatic heterocycles. The Labute approximate surface area is 154 Å². The van der Waals surface area contributed by atoms with Crippen molar-refractivity contribution in [1.29, 1.82) is 0 Å². The number of hydrogen-bond acceptors (Lipinski definition) is 2. The van der Waals surface area contributed by atoms with Gasteiger partial charge >= 0.3 is 0 Å². The van der Waals surface area contributed by atoms with Gasteiger partial charge in [0.05, 0.1) is 7.11 Å². The Morgan fingerprint density at radius 2 is 0.846 bits per heavy atom. The molecule has 0 saturated heterocycles. The molecule has 0 N–H and O–H groups in total. The molecule has 26 heavy (non-hydrogen) atoms. The van der Waals surface area contributed by atoms with Gasteiger partial charge in [0.25, 0.3) is 0 Å². The lowest BCUT2D eigenvalue weighted by atomic mass is 10.1. The van der Waals surface area contributed by atoms with Gasteiger partial charge in [0.15, 0.2) is 0 Å². The molecule has 0 aromatic heterocycles. The molecule has 0 aliphatic carbocycles. The molecule has 0 spiro atoms. The zero-order valence-corrected chi connectivity index (χ0v) is 14.6. The molecule has 3 rings (SSSR count). The number of carbonyl (C=O) groups excluding carboxylic acids is 1. The first-order valence-corrected chi connectivity index (χ1v) is 8.42. The molecule has 0 bridgehead atoms. The van der Waals surface area contributed by atoms with Crippen molar-refractivity contribution < 1.29 is 9.53 Å². The molecule has 0 amide bonds. The van der Waals surface area contributed by atoms with Gasteiger partial charge in [0.1, 0.15) is 12.0 Å². The minimum atomic E-state index is 0.690. The van der Waals surface area contributed by atoms with Crippen LogP contribution in [0.3, 0.4) is 0 Å². The second-order valence-electron chi connectivity index (χ2n) is 5.89. The van der Waals surface area contributed by atoms with E-state index >= 15 is 0 Å². The topological polar surface area (TPSA) is 26.3 Å². The number of carbonyl (C=O) groups is 1. The second-order valence-corrected chi connectivity index (χ2v) is 5.89. The van der Waals surface area contributed by atoms with Gasteiger partial charge in [-0.25, -0.2) is 0 Å². The van der Waals surface area contributed by atoms with Gasteiger partial charge in [-0.2, -0.15) is 0 Å². The first kappa shape index (κ1) is 17.4. The number of hydrogen-bond donors (Lipinski definition) is 0. The SMILES string of the molecule is COc1ccc(/C=C/c2ccc(/C=C/c3ccc(C=O)cc3)cc2)cc1.